The molecular formula is C15H22ClN3S. The van der Waals surface area contributed by atoms with Crippen LogP contribution in [0.4, 0.5) is 5.69 Å². The highest BCUT2D eigenvalue weighted by atomic mass is 35.5. The Hall–Kier alpha value is -1.00. The molecule has 0 bridgehead atoms. The van der Waals surface area contributed by atoms with Crippen LogP contribution >= 0.6 is 23.8 Å². The molecule has 0 aromatic heterocycles. The number of piperazine rings is 1. The van der Waals surface area contributed by atoms with E-state index < -0.39 is 0 Å². The predicted molar refractivity (Wildman–Crippen MR) is 90.9 cm³/mol. The molecule has 1 aromatic carbocycles. The number of thiocarbonyl (C=S) groups is 1. The highest BCUT2D eigenvalue weighted by Crippen LogP contribution is 2.25. The molecule has 0 radical (unpaired) electrons. The largest absolute Gasteiger partial charge is 0.368 e. The van der Waals surface area contributed by atoms with E-state index in [0.29, 0.717) is 0 Å². The lowest BCUT2D eigenvalue weighted by Crippen LogP contribution is -2.52. The fourth-order valence-electron chi connectivity index (χ4n) is 2.42. The molecule has 5 heteroatoms. The first-order valence-corrected chi connectivity index (χ1v) is 7.94. The van der Waals surface area contributed by atoms with Crippen LogP contribution in [0.2, 0.25) is 5.02 Å². The second kappa shape index (κ2) is 7.14. The Morgan fingerprint density at radius 1 is 1.30 bits per heavy atom. The number of aryl methyl sites for hydroxylation is 1. The van der Waals surface area contributed by atoms with E-state index in [-0.39, 0.29) is 0 Å². The van der Waals surface area contributed by atoms with Gasteiger partial charge in [-0.2, -0.15) is 0 Å². The maximum absolute atomic E-state index is 6.10. The zero-order chi connectivity index (χ0) is 14.5. The van der Waals surface area contributed by atoms with Gasteiger partial charge in [0.2, 0.25) is 0 Å². The summed E-state index contributed by atoms with van der Waals surface area (Å²) in [4.78, 5) is 4.64. The van der Waals surface area contributed by atoms with Crippen LogP contribution in [0.1, 0.15) is 18.9 Å². The summed E-state index contributed by atoms with van der Waals surface area (Å²) in [5.41, 5.74) is 2.51. The summed E-state index contributed by atoms with van der Waals surface area (Å²) < 4.78 is 0. The van der Waals surface area contributed by atoms with E-state index in [0.717, 1.165) is 49.3 Å². The van der Waals surface area contributed by atoms with Crippen LogP contribution in [0, 0.1) is 6.92 Å². The highest BCUT2D eigenvalue weighted by molar-refractivity contribution is 7.80. The summed E-state index contributed by atoms with van der Waals surface area (Å²) in [6.45, 7) is 9.11. The van der Waals surface area contributed by atoms with Crippen molar-refractivity contribution in [1.29, 1.82) is 0 Å². The van der Waals surface area contributed by atoms with Crippen molar-refractivity contribution in [2.45, 2.75) is 20.3 Å². The summed E-state index contributed by atoms with van der Waals surface area (Å²) in [5, 5.41) is 4.98. The minimum Gasteiger partial charge on any atom is -0.368 e. The Bertz CT molecular complexity index is 470. The number of hydrogen-bond donors (Lipinski definition) is 1. The number of nitrogens with one attached hydrogen (secondary N) is 1. The van der Waals surface area contributed by atoms with E-state index in [2.05, 4.69) is 41.1 Å². The van der Waals surface area contributed by atoms with Gasteiger partial charge in [-0.25, -0.2) is 0 Å². The number of anilines is 1. The van der Waals surface area contributed by atoms with E-state index in [9.17, 15) is 0 Å². The molecule has 3 nitrogen and oxygen atoms in total. The smallest absolute Gasteiger partial charge is 0.169 e. The van der Waals surface area contributed by atoms with Gasteiger partial charge in [-0.05, 0) is 43.3 Å². The maximum Gasteiger partial charge on any atom is 0.169 e. The van der Waals surface area contributed by atoms with E-state index >= 15 is 0 Å². The molecule has 0 spiro atoms. The van der Waals surface area contributed by atoms with Crippen LogP contribution in [0.25, 0.3) is 0 Å². The molecule has 0 atom stereocenters. The quantitative estimate of drug-likeness (QED) is 0.864. The van der Waals surface area contributed by atoms with Gasteiger partial charge in [0.05, 0.1) is 0 Å². The van der Waals surface area contributed by atoms with Crippen molar-refractivity contribution < 1.29 is 0 Å². The van der Waals surface area contributed by atoms with Gasteiger partial charge in [-0.15, -0.1) is 0 Å². The number of benzene rings is 1. The molecule has 0 saturated carbocycles. The van der Waals surface area contributed by atoms with Gasteiger partial charge >= 0.3 is 0 Å². The van der Waals surface area contributed by atoms with Gasteiger partial charge < -0.3 is 15.1 Å². The summed E-state index contributed by atoms with van der Waals surface area (Å²) in [6, 6.07) is 6.08. The lowest BCUT2D eigenvalue weighted by molar-refractivity contribution is 0.380. The van der Waals surface area contributed by atoms with Gasteiger partial charge in [0.25, 0.3) is 0 Å². The maximum atomic E-state index is 6.10. The zero-order valence-electron chi connectivity index (χ0n) is 12.2. The lowest BCUT2D eigenvalue weighted by Gasteiger charge is -2.38. The Labute approximate surface area is 131 Å². The first kappa shape index (κ1) is 15.4. The fraction of sp³-hybridized carbons (Fsp3) is 0.533. The molecule has 1 saturated heterocycles. The van der Waals surface area contributed by atoms with Crippen molar-refractivity contribution in [3.05, 3.63) is 28.8 Å². The average molecular weight is 312 g/mol. The first-order chi connectivity index (χ1) is 9.61. The van der Waals surface area contributed by atoms with Gasteiger partial charge in [0.15, 0.2) is 5.11 Å². The minimum absolute atomic E-state index is 0.799. The standard InChI is InChI=1S/C15H22ClN3S/c1-3-6-17-15(20)19-9-7-18(8-10-19)14-11-13(16)5-4-12(14)2/h4-5,11H,3,6-10H2,1-2H3,(H,17,20). The van der Waals surface area contributed by atoms with Gasteiger partial charge in [-0.1, -0.05) is 24.6 Å². The zero-order valence-corrected chi connectivity index (χ0v) is 13.7. The molecule has 1 heterocycles. The van der Waals surface area contributed by atoms with Crippen LogP contribution < -0.4 is 10.2 Å². The van der Waals surface area contributed by atoms with Crippen LogP contribution in [-0.2, 0) is 0 Å². The Balaban J connectivity index is 1.94. The topological polar surface area (TPSA) is 18.5 Å². The average Bonchev–Trinajstić information content (AvgIpc) is 2.47. The third-order valence-electron chi connectivity index (χ3n) is 3.60. The van der Waals surface area contributed by atoms with Crippen molar-refractivity contribution in [2.24, 2.45) is 0 Å². The number of hydrogen-bond acceptors (Lipinski definition) is 2. The molecule has 20 heavy (non-hydrogen) atoms. The fourth-order valence-corrected chi connectivity index (χ4v) is 2.87. The molecule has 1 fully saturated rings. The molecule has 2 rings (SSSR count). The molecule has 0 amide bonds. The predicted octanol–water partition coefficient (Wildman–Crippen LogP) is 3.05. The van der Waals surface area contributed by atoms with Gasteiger partial charge in [0.1, 0.15) is 0 Å². The summed E-state index contributed by atoms with van der Waals surface area (Å²) in [7, 11) is 0. The molecule has 1 aliphatic heterocycles. The van der Waals surface area contributed by atoms with E-state index in [1.807, 2.05) is 6.07 Å². The SMILES string of the molecule is CCCNC(=S)N1CCN(c2cc(Cl)ccc2C)CC1. The Morgan fingerprint density at radius 2 is 2.00 bits per heavy atom. The van der Waals surface area contributed by atoms with E-state index in [1.54, 1.807) is 0 Å². The summed E-state index contributed by atoms with van der Waals surface area (Å²) in [5.74, 6) is 0. The molecule has 1 N–H and O–H groups in total. The first-order valence-electron chi connectivity index (χ1n) is 7.15. The van der Waals surface area contributed by atoms with Crippen molar-refractivity contribution >= 4 is 34.6 Å². The van der Waals surface area contributed by atoms with Gasteiger partial charge in [0, 0.05) is 43.4 Å². The number of halogens is 1. The van der Waals surface area contributed by atoms with Crippen LogP contribution in [0.15, 0.2) is 18.2 Å². The van der Waals surface area contributed by atoms with Gasteiger partial charge in [-0.3, -0.25) is 0 Å². The van der Waals surface area contributed by atoms with Crippen LogP contribution in [0.5, 0.6) is 0 Å². The molecular weight excluding hydrogens is 290 g/mol. The normalized spacial score (nSPS) is 15.3. The van der Waals surface area contributed by atoms with Crippen LogP contribution in [-0.4, -0.2) is 42.7 Å². The van der Waals surface area contributed by atoms with Crippen molar-refractivity contribution in [2.75, 3.05) is 37.6 Å². The Morgan fingerprint density at radius 3 is 2.65 bits per heavy atom. The third kappa shape index (κ3) is 3.76. The molecule has 0 aliphatic carbocycles. The molecule has 110 valence electrons. The highest BCUT2D eigenvalue weighted by Gasteiger charge is 2.20. The summed E-state index contributed by atoms with van der Waals surface area (Å²) in [6.07, 6.45) is 1.10. The Kier molecular flexibility index (Phi) is 5.49. The molecule has 0 unspecified atom stereocenters. The third-order valence-corrected chi connectivity index (χ3v) is 4.24. The molecule has 1 aromatic rings. The van der Waals surface area contributed by atoms with Crippen molar-refractivity contribution in [1.82, 2.24) is 10.2 Å². The summed E-state index contributed by atoms with van der Waals surface area (Å²) >= 11 is 11.5. The monoisotopic (exact) mass is 311 g/mol. The van der Waals surface area contributed by atoms with E-state index in [1.165, 1.54) is 11.3 Å². The lowest BCUT2D eigenvalue weighted by atomic mass is 10.1. The van der Waals surface area contributed by atoms with Crippen molar-refractivity contribution in [3.63, 3.8) is 0 Å². The molecule has 1 aliphatic rings. The number of nitrogens with zero attached hydrogens (tertiary/aromatic N) is 2. The number of rotatable bonds is 3. The minimum atomic E-state index is 0.799. The van der Waals surface area contributed by atoms with Crippen molar-refractivity contribution in [3.8, 4) is 0 Å². The second-order valence-corrected chi connectivity index (χ2v) is 5.96. The van der Waals surface area contributed by atoms with Crippen LogP contribution in [0.3, 0.4) is 0 Å². The second-order valence-electron chi connectivity index (χ2n) is 5.14. The van der Waals surface area contributed by atoms with E-state index in [4.69, 9.17) is 23.8 Å².